The van der Waals surface area contributed by atoms with Gasteiger partial charge in [-0.15, -0.1) is 11.3 Å². The molecule has 0 amide bonds. The summed E-state index contributed by atoms with van der Waals surface area (Å²) in [7, 11) is 0. The van der Waals surface area contributed by atoms with E-state index in [4.69, 9.17) is 4.42 Å². The second-order valence-electron chi connectivity index (χ2n) is 8.39. The van der Waals surface area contributed by atoms with Crippen molar-refractivity contribution >= 4 is 75.3 Å². The summed E-state index contributed by atoms with van der Waals surface area (Å²) in [6.07, 6.45) is 3.76. The average molecular weight is 441 g/mol. The van der Waals surface area contributed by atoms with Crippen molar-refractivity contribution in [1.29, 1.82) is 0 Å². The molecule has 0 aliphatic heterocycles. The molecule has 3 nitrogen and oxygen atoms in total. The lowest BCUT2D eigenvalue weighted by Gasteiger charge is -2.08. The van der Waals surface area contributed by atoms with Crippen LogP contribution >= 0.6 is 11.3 Å². The third kappa shape index (κ3) is 2.16. The highest BCUT2D eigenvalue weighted by Crippen LogP contribution is 2.50. The number of aromatic nitrogens is 2. The lowest BCUT2D eigenvalue weighted by atomic mass is 10.0. The number of hydrogen-bond acceptors (Lipinski definition) is 3. The van der Waals surface area contributed by atoms with E-state index in [2.05, 4.69) is 82.3 Å². The third-order valence-corrected chi connectivity index (χ3v) is 7.84. The summed E-state index contributed by atoms with van der Waals surface area (Å²) < 4.78 is 11.5. The van der Waals surface area contributed by atoms with Gasteiger partial charge in [0.15, 0.2) is 0 Å². The van der Waals surface area contributed by atoms with Crippen molar-refractivity contribution in [3.05, 3.63) is 97.3 Å². The number of furan rings is 1. The minimum atomic E-state index is 0.926. The van der Waals surface area contributed by atoms with E-state index in [9.17, 15) is 0 Å². The Bertz CT molecular complexity index is 2030. The number of para-hydroxylation sites is 2. The molecule has 0 radical (unpaired) electrons. The van der Waals surface area contributed by atoms with Crippen LogP contribution in [0.2, 0.25) is 0 Å². The number of nitrogens with zero attached hydrogens (tertiary/aromatic N) is 2. The lowest BCUT2D eigenvalue weighted by Crippen LogP contribution is -1.94. The van der Waals surface area contributed by atoms with E-state index >= 15 is 0 Å². The maximum absolute atomic E-state index is 6.63. The molecule has 0 aliphatic carbocycles. The molecule has 0 saturated heterocycles. The van der Waals surface area contributed by atoms with Crippen molar-refractivity contribution in [1.82, 2.24) is 9.55 Å². The molecule has 4 heterocycles. The zero-order valence-corrected chi connectivity index (χ0v) is 18.3. The summed E-state index contributed by atoms with van der Waals surface area (Å²) in [6.45, 7) is 0. The Morgan fingerprint density at radius 1 is 0.697 bits per heavy atom. The molecular weight excluding hydrogens is 424 g/mol. The minimum absolute atomic E-state index is 0.926. The van der Waals surface area contributed by atoms with Gasteiger partial charge in [-0.3, -0.25) is 4.98 Å². The number of thiophene rings is 1. The fourth-order valence-electron chi connectivity index (χ4n) is 5.37. The first-order chi connectivity index (χ1) is 16.4. The summed E-state index contributed by atoms with van der Waals surface area (Å²) >= 11 is 1.86. The highest BCUT2D eigenvalue weighted by atomic mass is 32.1. The molecule has 0 fully saturated rings. The van der Waals surface area contributed by atoms with E-state index < -0.39 is 0 Å². The summed E-state index contributed by atoms with van der Waals surface area (Å²) in [4.78, 5) is 4.43. The largest absolute Gasteiger partial charge is 0.455 e. The molecule has 0 spiro atoms. The highest BCUT2D eigenvalue weighted by Gasteiger charge is 2.25. The van der Waals surface area contributed by atoms with Crippen LogP contribution in [0.15, 0.2) is 102 Å². The molecule has 0 atom stereocenters. The van der Waals surface area contributed by atoms with Crippen LogP contribution < -0.4 is 0 Å². The predicted octanol–water partition coefficient (Wildman–Crippen LogP) is 8.45. The topological polar surface area (TPSA) is 31.0 Å². The van der Waals surface area contributed by atoms with Gasteiger partial charge in [0, 0.05) is 37.8 Å². The Labute approximate surface area is 192 Å². The van der Waals surface area contributed by atoms with E-state index in [0.29, 0.717) is 0 Å². The average Bonchev–Trinajstić information content (AvgIpc) is 3.53. The molecular formula is C29H16N2OS. The zero-order chi connectivity index (χ0) is 21.5. The maximum Gasteiger partial charge on any atom is 0.146 e. The molecule has 8 aromatic rings. The van der Waals surface area contributed by atoms with Crippen LogP contribution in [-0.4, -0.2) is 9.55 Å². The van der Waals surface area contributed by atoms with Crippen LogP contribution in [0.4, 0.5) is 0 Å². The molecule has 0 saturated carbocycles. The number of fused-ring (bicyclic) bond motifs is 12. The molecule has 0 N–H and O–H groups in total. The van der Waals surface area contributed by atoms with Crippen molar-refractivity contribution in [2.24, 2.45) is 0 Å². The fraction of sp³-hybridized carbons (Fsp3) is 0. The molecule has 0 aliphatic rings. The third-order valence-electron chi connectivity index (χ3n) is 6.66. The molecule has 33 heavy (non-hydrogen) atoms. The van der Waals surface area contributed by atoms with Crippen LogP contribution in [-0.2, 0) is 0 Å². The Kier molecular flexibility index (Phi) is 3.28. The summed E-state index contributed by atoms with van der Waals surface area (Å²) in [5.41, 5.74) is 5.29. The van der Waals surface area contributed by atoms with Gasteiger partial charge in [-0.1, -0.05) is 54.6 Å². The van der Waals surface area contributed by atoms with Crippen molar-refractivity contribution in [2.75, 3.05) is 0 Å². The van der Waals surface area contributed by atoms with Crippen molar-refractivity contribution < 1.29 is 4.42 Å². The normalized spacial score (nSPS) is 12.2. The highest BCUT2D eigenvalue weighted by molar-refractivity contribution is 7.27. The molecule has 0 bridgehead atoms. The first kappa shape index (κ1) is 17.4. The van der Waals surface area contributed by atoms with Crippen LogP contribution in [0.25, 0.3) is 69.6 Å². The number of pyridine rings is 1. The van der Waals surface area contributed by atoms with Gasteiger partial charge < -0.3 is 8.98 Å². The monoisotopic (exact) mass is 440 g/mol. The Morgan fingerprint density at radius 3 is 2.36 bits per heavy atom. The molecule has 0 unspecified atom stereocenters. The van der Waals surface area contributed by atoms with E-state index in [0.717, 1.165) is 22.4 Å². The van der Waals surface area contributed by atoms with Gasteiger partial charge >= 0.3 is 0 Å². The maximum atomic E-state index is 6.63. The Morgan fingerprint density at radius 2 is 1.48 bits per heavy atom. The fourth-order valence-corrected chi connectivity index (χ4v) is 6.62. The van der Waals surface area contributed by atoms with E-state index in [1.54, 1.807) is 0 Å². The van der Waals surface area contributed by atoms with Crippen molar-refractivity contribution in [2.45, 2.75) is 0 Å². The van der Waals surface area contributed by atoms with Gasteiger partial charge in [0.25, 0.3) is 0 Å². The molecule has 4 aromatic heterocycles. The quantitative estimate of drug-likeness (QED) is 0.256. The number of rotatable bonds is 1. The summed E-state index contributed by atoms with van der Waals surface area (Å²) in [6, 6.07) is 29.8. The lowest BCUT2D eigenvalue weighted by molar-refractivity contribution is 0.673. The van der Waals surface area contributed by atoms with E-state index in [-0.39, 0.29) is 0 Å². The summed E-state index contributed by atoms with van der Waals surface area (Å²) in [5, 5.41) is 7.29. The van der Waals surface area contributed by atoms with Gasteiger partial charge in [0.2, 0.25) is 0 Å². The van der Waals surface area contributed by atoms with Crippen LogP contribution in [0.1, 0.15) is 0 Å². The van der Waals surface area contributed by atoms with Crippen molar-refractivity contribution in [3.63, 3.8) is 0 Å². The van der Waals surface area contributed by atoms with Crippen LogP contribution in [0, 0.1) is 0 Å². The zero-order valence-electron chi connectivity index (χ0n) is 17.4. The Hall–Kier alpha value is -4.15. The second-order valence-corrected chi connectivity index (χ2v) is 9.44. The number of hydrogen-bond donors (Lipinski definition) is 0. The first-order valence-corrected chi connectivity index (χ1v) is 11.8. The van der Waals surface area contributed by atoms with Gasteiger partial charge in [0.1, 0.15) is 11.2 Å². The first-order valence-electron chi connectivity index (χ1n) is 11.0. The smallest absolute Gasteiger partial charge is 0.146 e. The van der Waals surface area contributed by atoms with E-state index in [1.807, 2.05) is 35.9 Å². The molecule has 154 valence electrons. The standard InChI is InChI=1S/C29H16N2OS/c1-4-12-21-18(9-1)26-27(31(21)17-8-7-15-30-16-17)29-25(20-11-3-6-14-23(20)33-29)24-19-10-2-5-13-22(19)32-28(24)26/h1-16H. The molecule has 4 aromatic carbocycles. The van der Waals surface area contributed by atoms with Crippen LogP contribution in [0.3, 0.4) is 0 Å². The van der Waals surface area contributed by atoms with Gasteiger partial charge in [-0.05, 0) is 30.3 Å². The van der Waals surface area contributed by atoms with Crippen molar-refractivity contribution in [3.8, 4) is 5.69 Å². The summed E-state index contributed by atoms with van der Waals surface area (Å²) in [5.74, 6) is 0. The second kappa shape index (κ2) is 6.21. The van der Waals surface area contributed by atoms with Gasteiger partial charge in [0.05, 0.1) is 33.0 Å². The predicted molar refractivity (Wildman–Crippen MR) is 139 cm³/mol. The van der Waals surface area contributed by atoms with Crippen LogP contribution in [0.5, 0.6) is 0 Å². The molecule has 8 rings (SSSR count). The van der Waals surface area contributed by atoms with Gasteiger partial charge in [-0.2, -0.15) is 0 Å². The SMILES string of the molecule is c1cncc(-n2c3ccccc3c3c4oc5ccccc5c4c4c5ccccc5sc4c32)c1. The minimum Gasteiger partial charge on any atom is -0.455 e. The van der Waals surface area contributed by atoms with E-state index in [1.165, 1.54) is 47.2 Å². The Balaban J connectivity index is 1.80. The van der Waals surface area contributed by atoms with Gasteiger partial charge in [-0.25, -0.2) is 0 Å². The number of benzene rings is 4. The molecule has 4 heteroatoms.